The largest absolute Gasteiger partial charge is 0.369 e. The molecule has 2 N–H and O–H groups in total. The Morgan fingerprint density at radius 3 is 2.58 bits per heavy atom. The van der Waals surface area contributed by atoms with Crippen molar-refractivity contribution in [2.45, 2.75) is 6.42 Å². The normalized spacial score (nSPS) is 19.0. The summed E-state index contributed by atoms with van der Waals surface area (Å²) in [5, 5.41) is 0. The quantitative estimate of drug-likeness (QED) is 0.862. The molecule has 0 unspecified atom stereocenters. The van der Waals surface area contributed by atoms with Crippen molar-refractivity contribution in [1.82, 2.24) is 4.90 Å². The third-order valence-corrected chi connectivity index (χ3v) is 3.72. The first-order valence-electron chi connectivity index (χ1n) is 6.08. The number of nitrogens with two attached hydrogens (primary N) is 1. The van der Waals surface area contributed by atoms with E-state index in [1.54, 1.807) is 11.0 Å². The lowest BCUT2D eigenvalue weighted by atomic mass is 10.1. The monoisotopic (exact) mass is 322 g/mol. The van der Waals surface area contributed by atoms with Crippen LogP contribution in [0.5, 0.6) is 0 Å². The molecular weight excluding hydrogens is 308 g/mol. The van der Waals surface area contributed by atoms with Crippen molar-refractivity contribution in [2.24, 2.45) is 11.7 Å². The van der Waals surface area contributed by atoms with E-state index in [9.17, 15) is 9.59 Å². The Morgan fingerprint density at radius 1 is 1.32 bits per heavy atom. The summed E-state index contributed by atoms with van der Waals surface area (Å²) in [7, 11) is 0. The molecule has 19 heavy (non-hydrogen) atoms. The van der Waals surface area contributed by atoms with Gasteiger partial charge in [0.25, 0.3) is 0 Å². The smallest absolute Gasteiger partial charge is 0.246 e. The third-order valence-electron chi connectivity index (χ3n) is 3.19. The molecule has 0 aliphatic carbocycles. The second-order valence-electron chi connectivity index (χ2n) is 4.56. The number of rotatable bonds is 3. The van der Waals surface area contributed by atoms with Gasteiger partial charge in [0, 0.05) is 23.6 Å². The molecule has 2 rings (SSSR count). The van der Waals surface area contributed by atoms with Gasteiger partial charge < -0.3 is 10.6 Å². The van der Waals surface area contributed by atoms with E-state index in [1.807, 2.05) is 24.3 Å². The van der Waals surface area contributed by atoms with E-state index < -0.39 is 0 Å². The highest BCUT2D eigenvalue weighted by atomic mass is 79.9. The number of benzene rings is 1. The zero-order valence-electron chi connectivity index (χ0n) is 10.4. The minimum absolute atomic E-state index is 0.0772. The Labute approximate surface area is 120 Å². The lowest BCUT2D eigenvalue weighted by Gasteiger charge is -2.13. The Kier molecular flexibility index (Phi) is 4.37. The van der Waals surface area contributed by atoms with Crippen LogP contribution in [0.2, 0.25) is 0 Å². The summed E-state index contributed by atoms with van der Waals surface area (Å²) in [4.78, 5) is 24.6. The molecule has 0 saturated carbocycles. The molecule has 1 atom stereocenters. The highest BCUT2D eigenvalue weighted by Crippen LogP contribution is 2.16. The summed E-state index contributed by atoms with van der Waals surface area (Å²) >= 11 is 3.36. The number of amides is 2. The molecule has 1 aliphatic rings. The molecular formula is C14H15BrN2O2. The number of halogens is 1. The number of hydrogen-bond donors (Lipinski definition) is 1. The van der Waals surface area contributed by atoms with E-state index >= 15 is 0 Å². The van der Waals surface area contributed by atoms with Crippen LogP contribution in [-0.4, -0.2) is 29.8 Å². The van der Waals surface area contributed by atoms with Gasteiger partial charge in [0.1, 0.15) is 0 Å². The Balaban J connectivity index is 1.94. The first-order chi connectivity index (χ1) is 9.06. The van der Waals surface area contributed by atoms with Gasteiger partial charge in [-0.15, -0.1) is 0 Å². The summed E-state index contributed by atoms with van der Waals surface area (Å²) < 4.78 is 1.000. The van der Waals surface area contributed by atoms with Crippen LogP contribution in [-0.2, 0) is 9.59 Å². The molecule has 1 heterocycles. The van der Waals surface area contributed by atoms with E-state index in [1.165, 1.54) is 6.08 Å². The fraction of sp³-hybridized carbons (Fsp3) is 0.286. The summed E-state index contributed by atoms with van der Waals surface area (Å²) in [5.41, 5.74) is 6.20. The minimum Gasteiger partial charge on any atom is -0.369 e. The molecule has 1 saturated heterocycles. The van der Waals surface area contributed by atoms with Gasteiger partial charge in [-0.3, -0.25) is 9.59 Å². The van der Waals surface area contributed by atoms with Gasteiger partial charge in [-0.2, -0.15) is 0 Å². The first-order valence-corrected chi connectivity index (χ1v) is 6.87. The second-order valence-corrected chi connectivity index (χ2v) is 5.47. The van der Waals surface area contributed by atoms with E-state index in [4.69, 9.17) is 5.73 Å². The highest BCUT2D eigenvalue weighted by molar-refractivity contribution is 9.10. The fourth-order valence-corrected chi connectivity index (χ4v) is 2.30. The topological polar surface area (TPSA) is 63.4 Å². The molecule has 5 heteroatoms. The van der Waals surface area contributed by atoms with Crippen LogP contribution in [0.4, 0.5) is 0 Å². The van der Waals surface area contributed by atoms with Crippen LogP contribution in [0, 0.1) is 5.92 Å². The first kappa shape index (κ1) is 13.8. The standard InChI is InChI=1S/C14H15BrN2O2/c15-12-4-1-10(2-5-12)3-6-13(18)17-8-7-11(9-17)14(16)19/h1-6,11H,7-9H2,(H2,16,19)/b6-3-/t11-/m0/s1. The van der Waals surface area contributed by atoms with Crippen molar-refractivity contribution in [3.8, 4) is 0 Å². The molecule has 100 valence electrons. The van der Waals surface area contributed by atoms with Gasteiger partial charge in [-0.05, 0) is 30.2 Å². The molecule has 1 aliphatic heterocycles. The molecule has 1 aromatic rings. The van der Waals surface area contributed by atoms with Crippen molar-refractivity contribution in [3.05, 3.63) is 40.4 Å². The molecule has 1 aromatic carbocycles. The second kappa shape index (κ2) is 6.02. The summed E-state index contributed by atoms with van der Waals surface area (Å²) in [6.45, 7) is 1.02. The van der Waals surface area contributed by atoms with Gasteiger partial charge in [0.15, 0.2) is 0 Å². The van der Waals surface area contributed by atoms with Gasteiger partial charge >= 0.3 is 0 Å². The SMILES string of the molecule is NC(=O)[C@H]1CCN(C(=O)/C=C\c2ccc(Br)cc2)C1. The number of likely N-dealkylation sites (tertiary alicyclic amines) is 1. The van der Waals surface area contributed by atoms with Crippen molar-refractivity contribution < 1.29 is 9.59 Å². The van der Waals surface area contributed by atoms with Crippen LogP contribution in [0.25, 0.3) is 6.08 Å². The van der Waals surface area contributed by atoms with E-state index in [0.29, 0.717) is 19.5 Å². The van der Waals surface area contributed by atoms with Crippen molar-refractivity contribution in [1.29, 1.82) is 0 Å². The van der Waals surface area contributed by atoms with Crippen molar-refractivity contribution >= 4 is 33.8 Å². The zero-order valence-corrected chi connectivity index (χ0v) is 12.0. The molecule has 0 bridgehead atoms. The molecule has 1 fully saturated rings. The Bertz CT molecular complexity index is 511. The minimum atomic E-state index is -0.327. The summed E-state index contributed by atoms with van der Waals surface area (Å²) in [6.07, 6.45) is 3.96. The summed E-state index contributed by atoms with van der Waals surface area (Å²) in [5.74, 6) is -0.608. The molecule has 0 radical (unpaired) electrons. The summed E-state index contributed by atoms with van der Waals surface area (Å²) in [6, 6.07) is 7.68. The third kappa shape index (κ3) is 3.67. The zero-order chi connectivity index (χ0) is 13.8. The van der Waals surface area contributed by atoms with Gasteiger partial charge in [0.2, 0.25) is 11.8 Å². The average Bonchev–Trinajstić information content (AvgIpc) is 2.87. The van der Waals surface area contributed by atoms with Crippen molar-refractivity contribution in [3.63, 3.8) is 0 Å². The number of hydrogen-bond acceptors (Lipinski definition) is 2. The van der Waals surface area contributed by atoms with Gasteiger partial charge in [-0.1, -0.05) is 28.1 Å². The lowest BCUT2D eigenvalue weighted by Crippen LogP contribution is -2.30. The van der Waals surface area contributed by atoms with Crippen molar-refractivity contribution in [2.75, 3.05) is 13.1 Å². The van der Waals surface area contributed by atoms with E-state index in [0.717, 1.165) is 10.0 Å². The predicted octanol–water partition coefficient (Wildman–Crippen LogP) is 1.80. The average molecular weight is 323 g/mol. The van der Waals surface area contributed by atoms with E-state index in [-0.39, 0.29) is 17.7 Å². The molecule has 0 spiro atoms. The maximum absolute atomic E-state index is 11.9. The Morgan fingerprint density at radius 2 is 2.00 bits per heavy atom. The highest BCUT2D eigenvalue weighted by Gasteiger charge is 2.28. The van der Waals surface area contributed by atoms with Crippen LogP contribution >= 0.6 is 15.9 Å². The Hall–Kier alpha value is -1.62. The van der Waals surface area contributed by atoms with Crippen LogP contribution in [0.1, 0.15) is 12.0 Å². The maximum atomic E-state index is 11.9. The predicted molar refractivity (Wildman–Crippen MR) is 77.1 cm³/mol. The van der Waals surface area contributed by atoms with Crippen LogP contribution in [0.3, 0.4) is 0 Å². The number of carbonyl (C=O) groups excluding carboxylic acids is 2. The molecule has 2 amide bonds. The maximum Gasteiger partial charge on any atom is 0.246 e. The van der Waals surface area contributed by atoms with Crippen LogP contribution < -0.4 is 5.73 Å². The van der Waals surface area contributed by atoms with Gasteiger partial charge in [0.05, 0.1) is 5.92 Å². The number of nitrogens with zero attached hydrogens (tertiary/aromatic N) is 1. The van der Waals surface area contributed by atoms with Crippen LogP contribution in [0.15, 0.2) is 34.8 Å². The lowest BCUT2D eigenvalue weighted by molar-refractivity contribution is -0.125. The van der Waals surface area contributed by atoms with Gasteiger partial charge in [-0.25, -0.2) is 0 Å². The number of primary amides is 1. The fourth-order valence-electron chi connectivity index (χ4n) is 2.04. The molecule has 0 aromatic heterocycles. The number of carbonyl (C=O) groups is 2. The van der Waals surface area contributed by atoms with E-state index in [2.05, 4.69) is 15.9 Å². The molecule has 4 nitrogen and oxygen atoms in total.